The SMILES string of the molecule is COc1cccc2sc(N3CCN(C)CC3)nc12.Cl. The molecule has 104 valence electrons. The zero-order valence-electron chi connectivity index (χ0n) is 11.1. The third-order valence-corrected chi connectivity index (χ3v) is 4.45. The van der Waals surface area contributed by atoms with Crippen LogP contribution in [0.3, 0.4) is 0 Å². The van der Waals surface area contributed by atoms with Gasteiger partial charge in [-0.3, -0.25) is 0 Å². The molecule has 19 heavy (non-hydrogen) atoms. The van der Waals surface area contributed by atoms with Crippen molar-refractivity contribution in [2.24, 2.45) is 0 Å². The summed E-state index contributed by atoms with van der Waals surface area (Å²) in [6, 6.07) is 6.10. The molecule has 1 aliphatic rings. The van der Waals surface area contributed by atoms with Crippen molar-refractivity contribution in [2.75, 3.05) is 45.2 Å². The lowest BCUT2D eigenvalue weighted by atomic mass is 10.3. The Balaban J connectivity index is 0.00000133. The van der Waals surface area contributed by atoms with E-state index in [1.165, 1.54) is 4.70 Å². The van der Waals surface area contributed by atoms with Crippen LogP contribution < -0.4 is 9.64 Å². The van der Waals surface area contributed by atoms with E-state index in [4.69, 9.17) is 9.72 Å². The lowest BCUT2D eigenvalue weighted by Crippen LogP contribution is -2.44. The van der Waals surface area contributed by atoms with Crippen molar-refractivity contribution in [2.45, 2.75) is 0 Å². The van der Waals surface area contributed by atoms with Gasteiger partial charge in [0.25, 0.3) is 0 Å². The number of hydrogen-bond donors (Lipinski definition) is 0. The summed E-state index contributed by atoms with van der Waals surface area (Å²) < 4.78 is 6.56. The highest BCUT2D eigenvalue weighted by atomic mass is 35.5. The molecule has 0 N–H and O–H groups in total. The average molecular weight is 300 g/mol. The fourth-order valence-corrected chi connectivity index (χ4v) is 3.24. The molecule has 0 atom stereocenters. The second-order valence-electron chi connectivity index (χ2n) is 4.59. The van der Waals surface area contributed by atoms with Gasteiger partial charge in [-0.2, -0.15) is 0 Å². The third-order valence-electron chi connectivity index (χ3n) is 3.36. The summed E-state index contributed by atoms with van der Waals surface area (Å²) in [5, 5.41) is 1.11. The van der Waals surface area contributed by atoms with Crippen LogP contribution in [0.5, 0.6) is 5.75 Å². The highest BCUT2D eigenvalue weighted by Crippen LogP contribution is 2.34. The number of thiazole rings is 1. The van der Waals surface area contributed by atoms with Crippen LogP contribution in [0, 0.1) is 0 Å². The van der Waals surface area contributed by atoms with Crippen LogP contribution in [0.1, 0.15) is 0 Å². The third kappa shape index (κ3) is 2.78. The number of aromatic nitrogens is 1. The molecule has 0 radical (unpaired) electrons. The van der Waals surface area contributed by atoms with Gasteiger partial charge in [-0.15, -0.1) is 12.4 Å². The topological polar surface area (TPSA) is 28.6 Å². The molecule has 0 spiro atoms. The van der Waals surface area contributed by atoms with E-state index in [1.807, 2.05) is 12.1 Å². The molecule has 0 saturated carbocycles. The van der Waals surface area contributed by atoms with Crippen molar-refractivity contribution in [1.82, 2.24) is 9.88 Å². The molecule has 1 fully saturated rings. The molecule has 2 aromatic rings. The van der Waals surface area contributed by atoms with Crippen LogP contribution in [-0.4, -0.2) is 50.2 Å². The Hall–Kier alpha value is -1.04. The normalized spacial score (nSPS) is 16.4. The number of ether oxygens (including phenoxy) is 1. The van der Waals surface area contributed by atoms with Gasteiger partial charge in [-0.05, 0) is 19.2 Å². The molecule has 0 aliphatic carbocycles. The van der Waals surface area contributed by atoms with Crippen LogP contribution in [0.15, 0.2) is 18.2 Å². The lowest BCUT2D eigenvalue weighted by molar-refractivity contribution is 0.313. The number of hydrogen-bond acceptors (Lipinski definition) is 5. The number of benzene rings is 1. The Morgan fingerprint density at radius 3 is 2.63 bits per heavy atom. The fraction of sp³-hybridized carbons (Fsp3) is 0.462. The summed E-state index contributed by atoms with van der Waals surface area (Å²) >= 11 is 1.75. The Labute approximate surface area is 123 Å². The molecule has 2 heterocycles. The minimum Gasteiger partial charge on any atom is -0.494 e. The molecule has 1 aromatic carbocycles. The van der Waals surface area contributed by atoms with Crippen molar-refractivity contribution in [1.29, 1.82) is 0 Å². The summed E-state index contributed by atoms with van der Waals surface area (Å²) in [7, 11) is 3.86. The minimum absolute atomic E-state index is 0. The zero-order chi connectivity index (χ0) is 12.5. The van der Waals surface area contributed by atoms with Crippen LogP contribution in [0.25, 0.3) is 10.2 Å². The Kier molecular flexibility index (Phi) is 4.50. The van der Waals surface area contributed by atoms with E-state index in [0.29, 0.717) is 0 Å². The number of methoxy groups -OCH3 is 1. The van der Waals surface area contributed by atoms with Gasteiger partial charge < -0.3 is 14.5 Å². The molecular weight excluding hydrogens is 282 g/mol. The van der Waals surface area contributed by atoms with Gasteiger partial charge in [0.1, 0.15) is 11.3 Å². The standard InChI is InChI=1S/C13H17N3OS.ClH/c1-15-6-8-16(9-7-15)13-14-12-10(17-2)4-3-5-11(12)18-13;/h3-5H,6-9H2,1-2H3;1H. The van der Waals surface area contributed by atoms with E-state index in [-0.39, 0.29) is 12.4 Å². The number of para-hydroxylation sites is 1. The molecule has 3 rings (SSSR count). The predicted octanol–water partition coefficient (Wildman–Crippen LogP) is 2.48. The van der Waals surface area contributed by atoms with Gasteiger partial charge in [0.2, 0.25) is 0 Å². The molecule has 6 heteroatoms. The largest absolute Gasteiger partial charge is 0.494 e. The van der Waals surface area contributed by atoms with Crippen LogP contribution in [0.2, 0.25) is 0 Å². The number of anilines is 1. The summed E-state index contributed by atoms with van der Waals surface area (Å²) in [5.41, 5.74) is 0.985. The number of piperazine rings is 1. The smallest absolute Gasteiger partial charge is 0.186 e. The van der Waals surface area contributed by atoms with Gasteiger partial charge in [-0.25, -0.2) is 4.98 Å². The van der Waals surface area contributed by atoms with Crippen molar-refractivity contribution in [3.8, 4) is 5.75 Å². The number of likely N-dealkylation sites (N-methyl/N-ethyl adjacent to an activating group) is 1. The molecule has 0 bridgehead atoms. The van der Waals surface area contributed by atoms with Gasteiger partial charge in [-0.1, -0.05) is 17.4 Å². The highest BCUT2D eigenvalue weighted by molar-refractivity contribution is 7.22. The minimum atomic E-state index is 0. The van der Waals surface area contributed by atoms with Crippen LogP contribution in [-0.2, 0) is 0 Å². The lowest BCUT2D eigenvalue weighted by Gasteiger charge is -2.32. The molecular formula is C13H18ClN3OS. The molecule has 0 unspecified atom stereocenters. The molecule has 0 amide bonds. The van der Waals surface area contributed by atoms with Crippen LogP contribution >= 0.6 is 23.7 Å². The van der Waals surface area contributed by atoms with E-state index in [1.54, 1.807) is 18.4 Å². The maximum Gasteiger partial charge on any atom is 0.186 e. The van der Waals surface area contributed by atoms with Gasteiger partial charge in [0.15, 0.2) is 5.13 Å². The summed E-state index contributed by atoms with van der Waals surface area (Å²) in [5.74, 6) is 0.865. The quantitative estimate of drug-likeness (QED) is 0.852. The Morgan fingerprint density at radius 2 is 1.95 bits per heavy atom. The summed E-state index contributed by atoms with van der Waals surface area (Å²) in [6.45, 7) is 4.32. The first-order valence-corrected chi connectivity index (χ1v) is 6.96. The first kappa shape index (κ1) is 14.4. The van der Waals surface area contributed by atoms with Gasteiger partial charge in [0, 0.05) is 26.2 Å². The van der Waals surface area contributed by atoms with Crippen molar-refractivity contribution in [3.63, 3.8) is 0 Å². The van der Waals surface area contributed by atoms with E-state index >= 15 is 0 Å². The maximum atomic E-state index is 5.36. The second kappa shape index (κ2) is 5.94. The van der Waals surface area contributed by atoms with E-state index < -0.39 is 0 Å². The van der Waals surface area contributed by atoms with E-state index in [2.05, 4.69) is 22.9 Å². The number of fused-ring (bicyclic) bond motifs is 1. The van der Waals surface area contributed by atoms with Crippen molar-refractivity contribution in [3.05, 3.63) is 18.2 Å². The summed E-state index contributed by atoms with van der Waals surface area (Å²) in [6.07, 6.45) is 0. The van der Waals surface area contributed by atoms with Gasteiger partial charge >= 0.3 is 0 Å². The van der Waals surface area contributed by atoms with Crippen molar-refractivity contribution >= 4 is 39.1 Å². The summed E-state index contributed by atoms with van der Waals surface area (Å²) in [4.78, 5) is 9.45. The Bertz CT molecular complexity index is 552. The van der Waals surface area contributed by atoms with Crippen molar-refractivity contribution < 1.29 is 4.74 Å². The zero-order valence-corrected chi connectivity index (χ0v) is 12.8. The van der Waals surface area contributed by atoms with Gasteiger partial charge in [0.05, 0.1) is 11.8 Å². The maximum absolute atomic E-state index is 5.36. The Morgan fingerprint density at radius 1 is 1.21 bits per heavy atom. The van der Waals surface area contributed by atoms with E-state index in [0.717, 1.165) is 42.6 Å². The first-order valence-electron chi connectivity index (χ1n) is 6.15. The van der Waals surface area contributed by atoms with E-state index in [9.17, 15) is 0 Å². The monoisotopic (exact) mass is 299 g/mol. The average Bonchev–Trinajstić information content (AvgIpc) is 2.83. The fourth-order valence-electron chi connectivity index (χ4n) is 2.21. The number of rotatable bonds is 2. The highest BCUT2D eigenvalue weighted by Gasteiger charge is 2.18. The molecule has 1 saturated heterocycles. The second-order valence-corrected chi connectivity index (χ2v) is 5.60. The predicted molar refractivity (Wildman–Crippen MR) is 83.1 cm³/mol. The van der Waals surface area contributed by atoms with Crippen LogP contribution in [0.4, 0.5) is 5.13 Å². The number of halogens is 1. The number of nitrogens with zero attached hydrogens (tertiary/aromatic N) is 3. The molecule has 1 aromatic heterocycles. The molecule has 4 nitrogen and oxygen atoms in total. The molecule has 1 aliphatic heterocycles. The first-order chi connectivity index (χ1) is 8.78.